The first-order valence-corrected chi connectivity index (χ1v) is 18.0. The zero-order chi connectivity index (χ0) is 34.2. The van der Waals surface area contributed by atoms with Crippen LogP contribution in [0.25, 0.3) is 0 Å². The summed E-state index contributed by atoms with van der Waals surface area (Å²) in [5.41, 5.74) is 2.45. The molecule has 6 rings (SSSR count). The average molecular weight is 685 g/mol. The van der Waals surface area contributed by atoms with Gasteiger partial charge in [0.15, 0.2) is 0 Å². The zero-order valence-corrected chi connectivity index (χ0v) is 29.8. The third-order valence-electron chi connectivity index (χ3n) is 10.4. The Kier molecular flexibility index (Phi) is 12.5. The quantitative estimate of drug-likeness (QED) is 0.137. The van der Waals surface area contributed by atoms with Crippen molar-refractivity contribution in [1.29, 1.82) is 0 Å². The van der Waals surface area contributed by atoms with E-state index in [4.69, 9.17) is 47.4 Å². The molecule has 0 saturated carbocycles. The van der Waals surface area contributed by atoms with Crippen LogP contribution in [0.5, 0.6) is 11.5 Å². The molecule has 2 aromatic rings. The van der Waals surface area contributed by atoms with Crippen molar-refractivity contribution in [3.63, 3.8) is 0 Å². The summed E-state index contributed by atoms with van der Waals surface area (Å²) >= 11 is 0. The summed E-state index contributed by atoms with van der Waals surface area (Å²) in [5.74, 6) is 1.61. The Bertz CT molecular complexity index is 1160. The lowest BCUT2D eigenvalue weighted by Gasteiger charge is -2.40. The Hall–Kier alpha value is -2.28. The molecule has 272 valence electrons. The zero-order valence-electron chi connectivity index (χ0n) is 29.8. The minimum atomic E-state index is -0.217. The van der Waals surface area contributed by atoms with E-state index in [1.807, 2.05) is 24.3 Å². The van der Waals surface area contributed by atoms with Gasteiger partial charge in [-0.15, -0.1) is 0 Å². The third kappa shape index (κ3) is 10.4. The van der Waals surface area contributed by atoms with Gasteiger partial charge in [-0.3, -0.25) is 0 Å². The molecule has 49 heavy (non-hydrogen) atoms. The van der Waals surface area contributed by atoms with Crippen molar-refractivity contribution >= 4 is 0 Å². The second-order valence-electron chi connectivity index (χ2n) is 14.8. The van der Waals surface area contributed by atoms with Crippen molar-refractivity contribution in [3.8, 4) is 11.5 Å². The molecule has 4 atom stereocenters. The number of ether oxygens (including phenoxy) is 10. The minimum Gasteiger partial charge on any atom is -0.491 e. The molecule has 0 bridgehead atoms. The van der Waals surface area contributed by atoms with E-state index in [1.165, 1.54) is 11.1 Å². The summed E-state index contributed by atoms with van der Waals surface area (Å²) < 4.78 is 58.2. The molecule has 0 aliphatic carbocycles. The van der Waals surface area contributed by atoms with Gasteiger partial charge in [-0.05, 0) is 48.2 Å². The van der Waals surface area contributed by atoms with Gasteiger partial charge in [0.25, 0.3) is 0 Å². The molecule has 4 unspecified atom stereocenters. The van der Waals surface area contributed by atoms with E-state index < -0.39 is 0 Å². The molecule has 10 heteroatoms. The molecule has 0 aromatic heterocycles. The van der Waals surface area contributed by atoms with Crippen LogP contribution in [-0.2, 0) is 43.3 Å². The van der Waals surface area contributed by atoms with Crippen molar-refractivity contribution in [3.05, 3.63) is 59.7 Å². The Morgan fingerprint density at radius 1 is 0.633 bits per heavy atom. The molecule has 10 nitrogen and oxygen atoms in total. The highest BCUT2D eigenvalue weighted by Gasteiger charge is 2.38. The molecule has 0 radical (unpaired) electrons. The lowest BCUT2D eigenvalue weighted by Crippen LogP contribution is -2.46. The Morgan fingerprint density at radius 2 is 1.02 bits per heavy atom. The third-order valence-corrected chi connectivity index (χ3v) is 10.4. The van der Waals surface area contributed by atoms with E-state index in [0.29, 0.717) is 52.9 Å². The number of epoxide rings is 2. The first-order valence-electron chi connectivity index (χ1n) is 18.0. The fourth-order valence-corrected chi connectivity index (χ4v) is 5.96. The smallest absolute Gasteiger partial charge is 0.119 e. The maximum atomic E-state index is 6.18. The summed E-state index contributed by atoms with van der Waals surface area (Å²) in [6, 6.07) is 16.7. The van der Waals surface area contributed by atoms with Gasteiger partial charge in [-0.2, -0.15) is 0 Å². The standard InChI is InChI=1S/C39H56O10/c1-5-38(25-42-26-38)23-40-15-33(46-19-35-21-48-35)17-44-31-11-7-29(8-12-31)37(3,4)30-9-13-32(14-10-30)45-18-34(47-20-36-22-49-36)16-41-24-39(6-2)27-43-28-39/h7-14,33-36H,5-6,15-28H2,1-4H3. The maximum Gasteiger partial charge on any atom is 0.119 e. The van der Waals surface area contributed by atoms with Crippen LogP contribution >= 0.6 is 0 Å². The molecule has 4 saturated heterocycles. The van der Waals surface area contributed by atoms with Crippen LogP contribution in [0.2, 0.25) is 0 Å². The summed E-state index contributed by atoms with van der Waals surface area (Å²) in [5, 5.41) is 0. The molecule has 4 heterocycles. The molecule has 0 spiro atoms. The maximum absolute atomic E-state index is 6.18. The van der Waals surface area contributed by atoms with Gasteiger partial charge in [-0.1, -0.05) is 52.0 Å². The Morgan fingerprint density at radius 3 is 1.33 bits per heavy atom. The molecule has 0 amide bonds. The van der Waals surface area contributed by atoms with Crippen molar-refractivity contribution in [2.24, 2.45) is 10.8 Å². The van der Waals surface area contributed by atoms with Crippen molar-refractivity contribution in [2.45, 2.75) is 70.4 Å². The largest absolute Gasteiger partial charge is 0.491 e. The minimum absolute atomic E-state index is 0.142. The van der Waals surface area contributed by atoms with Crippen LogP contribution in [0.1, 0.15) is 51.7 Å². The molecule has 4 aliphatic heterocycles. The van der Waals surface area contributed by atoms with Crippen LogP contribution in [-0.4, -0.2) is 117 Å². The van der Waals surface area contributed by atoms with Gasteiger partial charge in [0.2, 0.25) is 0 Å². The molecule has 4 aliphatic rings. The number of hydrogen-bond donors (Lipinski definition) is 0. The van der Waals surface area contributed by atoms with E-state index in [-0.39, 0.29) is 40.7 Å². The first-order chi connectivity index (χ1) is 23.8. The van der Waals surface area contributed by atoms with Crippen LogP contribution in [0.15, 0.2) is 48.5 Å². The van der Waals surface area contributed by atoms with E-state index in [0.717, 1.165) is 64.0 Å². The SMILES string of the molecule is CCC1(COCC(COc2ccc(C(C)(C)c3ccc(OCC(COCC4(CC)COC4)OCC4CO4)cc3)cc2)OCC2CO2)COC1. The Labute approximate surface area is 291 Å². The van der Waals surface area contributed by atoms with E-state index >= 15 is 0 Å². The normalized spacial score (nSPS) is 23.2. The van der Waals surface area contributed by atoms with Crippen LogP contribution in [0.4, 0.5) is 0 Å². The molecule has 4 fully saturated rings. The van der Waals surface area contributed by atoms with Crippen molar-refractivity contribution in [1.82, 2.24) is 0 Å². The molecular formula is C39H56O10. The topological polar surface area (TPSA) is 98.9 Å². The summed E-state index contributed by atoms with van der Waals surface area (Å²) in [4.78, 5) is 0. The number of rotatable bonds is 24. The van der Waals surface area contributed by atoms with E-state index in [1.54, 1.807) is 0 Å². The van der Waals surface area contributed by atoms with E-state index in [2.05, 4.69) is 52.0 Å². The van der Waals surface area contributed by atoms with Gasteiger partial charge in [-0.25, -0.2) is 0 Å². The van der Waals surface area contributed by atoms with Crippen LogP contribution in [0.3, 0.4) is 0 Å². The fraction of sp³-hybridized carbons (Fsp3) is 0.692. The lowest BCUT2D eigenvalue weighted by atomic mass is 9.78. The predicted molar refractivity (Wildman–Crippen MR) is 184 cm³/mol. The fourth-order valence-electron chi connectivity index (χ4n) is 5.96. The van der Waals surface area contributed by atoms with Crippen molar-refractivity contribution < 1.29 is 47.4 Å². The van der Waals surface area contributed by atoms with Crippen molar-refractivity contribution in [2.75, 3.05) is 92.5 Å². The van der Waals surface area contributed by atoms with Gasteiger partial charge in [0.05, 0.1) is 79.3 Å². The first kappa shape index (κ1) is 36.5. The summed E-state index contributed by atoms with van der Waals surface area (Å²) in [7, 11) is 0. The van der Waals surface area contributed by atoms with Crippen LogP contribution in [0, 0.1) is 10.8 Å². The molecular weight excluding hydrogens is 628 g/mol. The highest BCUT2D eigenvalue weighted by molar-refractivity contribution is 5.41. The number of hydrogen-bond acceptors (Lipinski definition) is 10. The predicted octanol–water partition coefficient (Wildman–Crippen LogP) is 5.22. The molecule has 2 aromatic carbocycles. The highest BCUT2D eigenvalue weighted by atomic mass is 16.6. The number of benzene rings is 2. The lowest BCUT2D eigenvalue weighted by molar-refractivity contribution is -0.159. The van der Waals surface area contributed by atoms with E-state index in [9.17, 15) is 0 Å². The average Bonchev–Trinajstić information content (AvgIpc) is 4.02. The van der Waals surface area contributed by atoms with Gasteiger partial charge < -0.3 is 47.4 Å². The highest BCUT2D eigenvalue weighted by Crippen LogP contribution is 2.34. The van der Waals surface area contributed by atoms with Gasteiger partial charge in [0, 0.05) is 16.2 Å². The second kappa shape index (κ2) is 16.8. The van der Waals surface area contributed by atoms with Crippen LogP contribution < -0.4 is 9.47 Å². The Balaban J connectivity index is 0.970. The summed E-state index contributed by atoms with van der Waals surface area (Å²) in [6.07, 6.45) is 2.13. The van der Waals surface area contributed by atoms with Gasteiger partial charge in [0.1, 0.15) is 49.1 Å². The van der Waals surface area contributed by atoms with Gasteiger partial charge >= 0.3 is 0 Å². The molecule has 0 N–H and O–H groups in total. The summed E-state index contributed by atoms with van der Waals surface area (Å²) in [6.45, 7) is 17.7. The monoisotopic (exact) mass is 684 g/mol. The second-order valence-corrected chi connectivity index (χ2v) is 14.8.